The highest BCUT2D eigenvalue weighted by atomic mass is 15.1. The normalized spacial score (nSPS) is 13.5. The topological polar surface area (TPSA) is 15.3 Å². The van der Waals surface area contributed by atoms with Gasteiger partial charge in [-0.3, -0.25) is 0 Å². The Bertz CT molecular complexity index is 3810. The molecule has 0 radical (unpaired) electrons. The fourth-order valence-electron chi connectivity index (χ4n) is 11.4. The Balaban J connectivity index is 0.966. The number of aryl methyl sites for hydroxylation is 1. The van der Waals surface area contributed by atoms with Crippen molar-refractivity contribution in [2.75, 3.05) is 10.2 Å². The molecule has 1 N–H and O–H groups in total. The molecule has 2 nitrogen and oxygen atoms in total. The van der Waals surface area contributed by atoms with Crippen LogP contribution in [0.4, 0.5) is 28.4 Å². The quantitative estimate of drug-likeness (QED) is 0.161. The van der Waals surface area contributed by atoms with Crippen LogP contribution in [0.3, 0.4) is 0 Å². The minimum Gasteiger partial charge on any atom is -0.355 e. The van der Waals surface area contributed by atoms with Gasteiger partial charge in [-0.15, -0.1) is 0 Å². The third kappa shape index (κ3) is 6.39. The van der Waals surface area contributed by atoms with Gasteiger partial charge in [0.2, 0.25) is 0 Å². The van der Waals surface area contributed by atoms with Crippen LogP contribution in [0.2, 0.25) is 0 Å². The van der Waals surface area contributed by atoms with Crippen molar-refractivity contribution in [3.63, 3.8) is 0 Å². The molecule has 0 spiro atoms. The molecule has 2 aliphatic rings. The molecule has 13 rings (SSSR count). The van der Waals surface area contributed by atoms with Crippen molar-refractivity contribution in [3.8, 4) is 33.4 Å². The van der Waals surface area contributed by atoms with Crippen LogP contribution < -0.4 is 10.2 Å². The second-order valence-electron chi connectivity index (χ2n) is 18.8. The predicted octanol–water partition coefficient (Wildman–Crippen LogP) is 18.1. The summed E-state index contributed by atoms with van der Waals surface area (Å²) < 4.78 is 0. The van der Waals surface area contributed by atoms with Crippen molar-refractivity contribution in [2.24, 2.45) is 0 Å². The molecule has 318 valence electrons. The van der Waals surface area contributed by atoms with Gasteiger partial charge in [-0.2, -0.15) is 0 Å². The first-order chi connectivity index (χ1) is 33.0. The van der Waals surface area contributed by atoms with Gasteiger partial charge in [0.15, 0.2) is 0 Å². The van der Waals surface area contributed by atoms with Gasteiger partial charge in [-0.1, -0.05) is 178 Å². The lowest BCUT2D eigenvalue weighted by Gasteiger charge is -2.29. The van der Waals surface area contributed by atoms with Crippen molar-refractivity contribution in [1.29, 1.82) is 0 Å². The average molecular weight is 857 g/mol. The Morgan fingerprint density at radius 1 is 0.448 bits per heavy atom. The molecule has 0 unspecified atom stereocenters. The molecule has 11 aromatic rings. The molecular formula is C65H48N2. The number of anilines is 5. The van der Waals surface area contributed by atoms with Gasteiger partial charge in [0.05, 0.1) is 5.69 Å². The summed E-state index contributed by atoms with van der Waals surface area (Å²) in [5.41, 5.74) is 18.4. The number of nitrogens with zero attached hydrogens (tertiary/aromatic N) is 1. The van der Waals surface area contributed by atoms with Gasteiger partial charge in [0.1, 0.15) is 0 Å². The molecule has 2 aliphatic carbocycles. The van der Waals surface area contributed by atoms with Crippen LogP contribution in [0.25, 0.3) is 82.5 Å². The SMILES string of the molecule is CC1(C)c2ccccc2-c2ccc(N(c3ccc(-c4cc5c6ccccc6cc(-c6ccccc6Nc6ccc7c(c6)C=CCC7)c5c5ccccc45)cc3)c3cccc4ccccc34)cc21. The van der Waals surface area contributed by atoms with Gasteiger partial charge in [-0.05, 0) is 161 Å². The number of fused-ring (bicyclic) bond motifs is 10. The standard InChI is InChI=1S/C65H48N2/c1-65(2)60-27-13-11-24-53(60)54-37-36-49(40-61(54)65)67(63-29-15-20-43-17-5-8-22-51(43)63)48-34-31-44(32-35-48)57-41-59-50-21-7-6-19-46(50)39-58(64(59)56-26-10-9-23-52(56)57)55-25-12-14-28-62(55)66-47-33-30-42-16-3-4-18-45(42)38-47/h4-15,17-41,66H,3,16H2,1-2H3. The summed E-state index contributed by atoms with van der Waals surface area (Å²) in [7, 11) is 0. The van der Waals surface area contributed by atoms with E-state index in [9.17, 15) is 0 Å². The van der Waals surface area contributed by atoms with Crippen LogP contribution in [0.15, 0.2) is 218 Å². The highest BCUT2D eigenvalue weighted by Gasteiger charge is 2.36. The van der Waals surface area contributed by atoms with E-state index in [2.05, 4.69) is 249 Å². The highest BCUT2D eigenvalue weighted by molar-refractivity contribution is 6.26. The maximum absolute atomic E-state index is 3.85. The first-order valence-electron chi connectivity index (χ1n) is 23.6. The van der Waals surface area contributed by atoms with Crippen LogP contribution in [0.1, 0.15) is 42.5 Å². The lowest BCUT2D eigenvalue weighted by molar-refractivity contribution is 0.660. The van der Waals surface area contributed by atoms with E-state index in [1.165, 1.54) is 98.7 Å². The summed E-state index contributed by atoms with van der Waals surface area (Å²) in [6.07, 6.45) is 6.75. The molecule has 0 saturated heterocycles. The van der Waals surface area contributed by atoms with Crippen LogP contribution >= 0.6 is 0 Å². The van der Waals surface area contributed by atoms with Gasteiger partial charge >= 0.3 is 0 Å². The van der Waals surface area contributed by atoms with Crippen molar-refractivity contribution in [3.05, 3.63) is 241 Å². The molecule has 0 aliphatic heterocycles. The molecule has 0 bridgehead atoms. The largest absolute Gasteiger partial charge is 0.355 e. The zero-order chi connectivity index (χ0) is 44.6. The Hall–Kier alpha value is -8.20. The summed E-state index contributed by atoms with van der Waals surface area (Å²) in [6, 6.07) is 79.0. The number of benzene rings is 11. The summed E-state index contributed by atoms with van der Waals surface area (Å²) in [5, 5.41) is 13.8. The Morgan fingerprint density at radius 2 is 1.13 bits per heavy atom. The Kier molecular flexibility index (Phi) is 9.05. The molecular weight excluding hydrogens is 809 g/mol. The molecule has 0 atom stereocenters. The van der Waals surface area contributed by atoms with Gasteiger partial charge in [0.25, 0.3) is 0 Å². The van der Waals surface area contributed by atoms with Crippen LogP contribution in [-0.2, 0) is 11.8 Å². The predicted molar refractivity (Wildman–Crippen MR) is 287 cm³/mol. The molecule has 2 heteroatoms. The number of rotatable bonds is 7. The number of para-hydroxylation sites is 1. The monoisotopic (exact) mass is 856 g/mol. The van der Waals surface area contributed by atoms with Crippen LogP contribution in [-0.4, -0.2) is 0 Å². The lowest BCUT2D eigenvalue weighted by Crippen LogP contribution is -2.16. The smallest absolute Gasteiger partial charge is 0.0540 e. The van der Waals surface area contributed by atoms with E-state index in [1.54, 1.807) is 0 Å². The van der Waals surface area contributed by atoms with E-state index in [0.29, 0.717) is 0 Å². The lowest BCUT2D eigenvalue weighted by atomic mass is 9.82. The van der Waals surface area contributed by atoms with Crippen molar-refractivity contribution in [1.82, 2.24) is 0 Å². The first kappa shape index (κ1) is 39.2. The summed E-state index contributed by atoms with van der Waals surface area (Å²) >= 11 is 0. The summed E-state index contributed by atoms with van der Waals surface area (Å²) in [6.45, 7) is 4.73. The molecule has 0 heterocycles. The first-order valence-corrected chi connectivity index (χ1v) is 23.6. The van der Waals surface area contributed by atoms with Crippen molar-refractivity contribution >= 4 is 77.6 Å². The summed E-state index contributed by atoms with van der Waals surface area (Å²) in [4.78, 5) is 2.45. The van der Waals surface area contributed by atoms with Gasteiger partial charge in [-0.25, -0.2) is 0 Å². The molecule has 0 saturated carbocycles. The molecule has 11 aromatic carbocycles. The minimum atomic E-state index is -0.116. The molecule has 67 heavy (non-hydrogen) atoms. The average Bonchev–Trinajstić information content (AvgIpc) is 3.61. The Labute approximate surface area is 392 Å². The molecule has 0 aromatic heterocycles. The fourth-order valence-corrected chi connectivity index (χ4v) is 11.4. The van der Waals surface area contributed by atoms with Gasteiger partial charge in [0, 0.05) is 39.1 Å². The fraction of sp³-hybridized carbons (Fsp3) is 0.0769. The Morgan fingerprint density at radius 3 is 2.00 bits per heavy atom. The second kappa shape index (κ2) is 15.5. The van der Waals surface area contributed by atoms with E-state index >= 15 is 0 Å². The third-order valence-electron chi connectivity index (χ3n) is 14.7. The number of nitrogens with one attached hydrogen (secondary N) is 1. The zero-order valence-electron chi connectivity index (χ0n) is 37.7. The summed E-state index contributed by atoms with van der Waals surface area (Å²) in [5.74, 6) is 0. The van der Waals surface area contributed by atoms with E-state index in [1.807, 2.05) is 0 Å². The van der Waals surface area contributed by atoms with E-state index in [-0.39, 0.29) is 5.41 Å². The van der Waals surface area contributed by atoms with Crippen molar-refractivity contribution in [2.45, 2.75) is 32.1 Å². The molecule has 0 fully saturated rings. The maximum Gasteiger partial charge on any atom is 0.0540 e. The number of hydrogen-bond donors (Lipinski definition) is 1. The van der Waals surface area contributed by atoms with E-state index in [0.717, 1.165) is 41.3 Å². The minimum absolute atomic E-state index is 0.116. The van der Waals surface area contributed by atoms with Crippen LogP contribution in [0.5, 0.6) is 0 Å². The molecule has 0 amide bonds. The van der Waals surface area contributed by atoms with E-state index in [4.69, 9.17) is 0 Å². The maximum atomic E-state index is 3.85. The van der Waals surface area contributed by atoms with Crippen LogP contribution in [0, 0.1) is 0 Å². The zero-order valence-corrected chi connectivity index (χ0v) is 37.7. The second-order valence-corrected chi connectivity index (χ2v) is 18.8. The van der Waals surface area contributed by atoms with Gasteiger partial charge < -0.3 is 10.2 Å². The highest BCUT2D eigenvalue weighted by Crippen LogP contribution is 2.52. The number of hydrogen-bond acceptors (Lipinski definition) is 2. The van der Waals surface area contributed by atoms with Crippen molar-refractivity contribution < 1.29 is 0 Å². The van der Waals surface area contributed by atoms with E-state index < -0.39 is 0 Å². The third-order valence-corrected chi connectivity index (χ3v) is 14.7. The number of allylic oxidation sites excluding steroid dienone is 1.